The molecule has 0 unspecified atom stereocenters. The van der Waals surface area contributed by atoms with E-state index in [1.807, 2.05) is 13.0 Å². The lowest BCUT2D eigenvalue weighted by molar-refractivity contribution is -0.144. The van der Waals surface area contributed by atoms with Crippen LogP contribution in [0.3, 0.4) is 0 Å². The molecule has 3 rings (SSSR count). The lowest BCUT2D eigenvalue weighted by Gasteiger charge is -2.18. The van der Waals surface area contributed by atoms with E-state index in [0.29, 0.717) is 5.56 Å². The second kappa shape index (κ2) is 10.1. The number of Topliss-reactive ketones (excluding diaryl/α,β-unsaturated/α-hetero) is 1. The lowest BCUT2D eigenvalue weighted by Crippen LogP contribution is -2.43. The van der Waals surface area contributed by atoms with Gasteiger partial charge in [-0.2, -0.15) is 4.72 Å². The number of ketones is 1. The molecule has 0 saturated heterocycles. The first kappa shape index (κ1) is 22.4. The molecule has 0 aliphatic rings. The zero-order valence-corrected chi connectivity index (χ0v) is 17.8. The van der Waals surface area contributed by atoms with Crippen molar-refractivity contribution in [3.63, 3.8) is 0 Å². The standard InChI is InChI=1S/C24H23NO5S/c1-18-12-14-21(15-13-18)31(28,29)25-22(16-19-8-4-2-5-9-19)24(27)30-17-23(26)20-10-6-3-7-11-20/h2-15,22,25H,16-17H2,1H3/t22-/m0/s1. The van der Waals surface area contributed by atoms with Crippen LogP contribution in [0.2, 0.25) is 0 Å². The molecule has 160 valence electrons. The van der Waals surface area contributed by atoms with Crippen LogP contribution >= 0.6 is 0 Å². The van der Waals surface area contributed by atoms with E-state index in [2.05, 4.69) is 4.72 Å². The predicted molar refractivity (Wildman–Crippen MR) is 117 cm³/mol. The van der Waals surface area contributed by atoms with E-state index in [9.17, 15) is 18.0 Å². The van der Waals surface area contributed by atoms with Gasteiger partial charge in [0.2, 0.25) is 10.0 Å². The third-order valence-corrected chi connectivity index (χ3v) is 6.12. The molecule has 3 aromatic rings. The van der Waals surface area contributed by atoms with Gasteiger partial charge in [0.1, 0.15) is 6.04 Å². The number of ether oxygens (including phenoxy) is 1. The van der Waals surface area contributed by atoms with Crippen molar-refractivity contribution >= 4 is 21.8 Å². The summed E-state index contributed by atoms with van der Waals surface area (Å²) in [6, 6.07) is 22.6. The highest BCUT2D eigenvalue weighted by molar-refractivity contribution is 7.89. The predicted octanol–water partition coefficient (Wildman–Crippen LogP) is 3.31. The SMILES string of the molecule is Cc1ccc(S(=O)(=O)N[C@@H](Cc2ccccc2)C(=O)OCC(=O)c2ccccc2)cc1. The van der Waals surface area contributed by atoms with Gasteiger partial charge in [-0.25, -0.2) is 8.42 Å². The van der Waals surface area contributed by atoms with Crippen LogP contribution in [0.1, 0.15) is 21.5 Å². The number of hydrogen-bond donors (Lipinski definition) is 1. The number of nitrogens with one attached hydrogen (secondary N) is 1. The van der Waals surface area contributed by atoms with Gasteiger partial charge in [-0.3, -0.25) is 9.59 Å². The van der Waals surface area contributed by atoms with Gasteiger partial charge < -0.3 is 4.74 Å². The summed E-state index contributed by atoms with van der Waals surface area (Å²) in [4.78, 5) is 25.0. The molecule has 1 N–H and O–H groups in total. The Morgan fingerprint density at radius 2 is 1.45 bits per heavy atom. The number of sulfonamides is 1. The average Bonchev–Trinajstić information content (AvgIpc) is 2.78. The number of carbonyl (C=O) groups excluding carboxylic acids is 2. The molecule has 6 nitrogen and oxygen atoms in total. The minimum Gasteiger partial charge on any atom is -0.456 e. The fourth-order valence-corrected chi connectivity index (χ4v) is 4.12. The number of esters is 1. The van der Waals surface area contributed by atoms with Crippen molar-refractivity contribution in [2.24, 2.45) is 0 Å². The Kier molecular flexibility index (Phi) is 7.33. The van der Waals surface area contributed by atoms with Crippen LogP contribution < -0.4 is 4.72 Å². The van der Waals surface area contributed by atoms with Crippen molar-refractivity contribution in [3.8, 4) is 0 Å². The normalized spacial score (nSPS) is 12.2. The molecule has 0 fully saturated rings. The van der Waals surface area contributed by atoms with E-state index in [1.165, 1.54) is 12.1 Å². The number of rotatable bonds is 9. The molecule has 0 aromatic heterocycles. The van der Waals surface area contributed by atoms with Gasteiger partial charge in [0.25, 0.3) is 0 Å². The van der Waals surface area contributed by atoms with Crippen molar-refractivity contribution in [2.45, 2.75) is 24.3 Å². The first-order valence-corrected chi connectivity index (χ1v) is 11.2. The highest BCUT2D eigenvalue weighted by Gasteiger charge is 2.28. The summed E-state index contributed by atoms with van der Waals surface area (Å²) in [6.45, 7) is 1.38. The van der Waals surface area contributed by atoms with Crippen LogP contribution in [0.15, 0.2) is 89.8 Å². The third kappa shape index (κ3) is 6.34. The number of hydrogen-bond acceptors (Lipinski definition) is 5. The van der Waals surface area contributed by atoms with Crippen LogP contribution in [-0.2, 0) is 26.0 Å². The highest BCUT2D eigenvalue weighted by Crippen LogP contribution is 2.13. The fraction of sp³-hybridized carbons (Fsp3) is 0.167. The first-order chi connectivity index (χ1) is 14.8. The summed E-state index contributed by atoms with van der Waals surface area (Å²) in [6.07, 6.45) is 0.0876. The Labute approximate surface area is 181 Å². The van der Waals surface area contributed by atoms with Gasteiger partial charge in [-0.05, 0) is 31.0 Å². The van der Waals surface area contributed by atoms with Crippen LogP contribution in [0.25, 0.3) is 0 Å². The Morgan fingerprint density at radius 3 is 2.06 bits per heavy atom. The number of benzene rings is 3. The van der Waals surface area contributed by atoms with Gasteiger partial charge in [0, 0.05) is 5.56 Å². The maximum absolute atomic E-state index is 12.8. The van der Waals surface area contributed by atoms with E-state index < -0.39 is 28.6 Å². The summed E-state index contributed by atoms with van der Waals surface area (Å²) in [5.41, 5.74) is 2.08. The number of aryl methyl sites for hydroxylation is 1. The third-order valence-electron chi connectivity index (χ3n) is 4.64. The Bertz CT molecular complexity index is 1130. The molecular weight excluding hydrogens is 414 g/mol. The molecule has 0 aliphatic heterocycles. The summed E-state index contributed by atoms with van der Waals surface area (Å²) < 4.78 is 33.2. The molecule has 0 bridgehead atoms. The van der Waals surface area contributed by atoms with Crippen molar-refractivity contribution < 1.29 is 22.7 Å². The smallest absolute Gasteiger partial charge is 0.324 e. The molecule has 3 aromatic carbocycles. The Morgan fingerprint density at radius 1 is 0.871 bits per heavy atom. The molecule has 0 saturated carbocycles. The van der Waals surface area contributed by atoms with Crippen molar-refractivity contribution in [1.82, 2.24) is 4.72 Å². The maximum Gasteiger partial charge on any atom is 0.324 e. The summed E-state index contributed by atoms with van der Waals surface area (Å²) in [5, 5.41) is 0. The van der Waals surface area contributed by atoms with E-state index in [-0.39, 0.29) is 17.1 Å². The monoisotopic (exact) mass is 437 g/mol. The topological polar surface area (TPSA) is 89.5 Å². The molecule has 0 amide bonds. The largest absolute Gasteiger partial charge is 0.456 e. The van der Waals surface area contributed by atoms with Crippen LogP contribution in [0.5, 0.6) is 0 Å². The van der Waals surface area contributed by atoms with E-state index in [1.54, 1.807) is 66.7 Å². The molecule has 31 heavy (non-hydrogen) atoms. The summed E-state index contributed by atoms with van der Waals surface area (Å²) >= 11 is 0. The fourth-order valence-electron chi connectivity index (χ4n) is 2.94. The molecule has 0 radical (unpaired) electrons. The molecular formula is C24H23NO5S. The average molecular weight is 438 g/mol. The zero-order valence-electron chi connectivity index (χ0n) is 17.0. The van der Waals surface area contributed by atoms with Crippen LogP contribution in [0.4, 0.5) is 0 Å². The van der Waals surface area contributed by atoms with Crippen molar-refractivity contribution in [1.29, 1.82) is 0 Å². The van der Waals surface area contributed by atoms with Gasteiger partial charge in [-0.1, -0.05) is 78.4 Å². The lowest BCUT2D eigenvalue weighted by atomic mass is 10.1. The van der Waals surface area contributed by atoms with Gasteiger partial charge in [-0.15, -0.1) is 0 Å². The highest BCUT2D eigenvalue weighted by atomic mass is 32.2. The Hall–Kier alpha value is -3.29. The van der Waals surface area contributed by atoms with Gasteiger partial charge in [0.15, 0.2) is 12.4 Å². The second-order valence-electron chi connectivity index (χ2n) is 7.07. The maximum atomic E-state index is 12.8. The Balaban J connectivity index is 1.76. The first-order valence-electron chi connectivity index (χ1n) is 9.73. The molecule has 0 spiro atoms. The molecule has 0 aliphatic carbocycles. The van der Waals surface area contributed by atoms with Crippen molar-refractivity contribution in [2.75, 3.05) is 6.61 Å². The summed E-state index contributed by atoms with van der Waals surface area (Å²) in [7, 11) is -3.97. The van der Waals surface area contributed by atoms with Crippen LogP contribution in [-0.4, -0.2) is 32.8 Å². The van der Waals surface area contributed by atoms with E-state index in [0.717, 1.165) is 11.1 Å². The summed E-state index contributed by atoms with van der Waals surface area (Å²) in [5.74, 6) is -1.18. The minimum atomic E-state index is -3.97. The van der Waals surface area contributed by atoms with Crippen LogP contribution in [0, 0.1) is 6.92 Å². The molecule has 7 heteroatoms. The van der Waals surface area contributed by atoms with E-state index >= 15 is 0 Å². The molecule has 1 atom stereocenters. The van der Waals surface area contributed by atoms with E-state index in [4.69, 9.17) is 4.74 Å². The van der Waals surface area contributed by atoms with Crippen molar-refractivity contribution in [3.05, 3.63) is 102 Å². The minimum absolute atomic E-state index is 0.0457. The van der Waals surface area contributed by atoms with Gasteiger partial charge >= 0.3 is 5.97 Å². The quantitative estimate of drug-likeness (QED) is 0.410. The second-order valence-corrected chi connectivity index (χ2v) is 8.79. The van der Waals surface area contributed by atoms with Gasteiger partial charge in [0.05, 0.1) is 4.90 Å². The molecule has 0 heterocycles. The zero-order chi connectivity index (χ0) is 22.3. The number of carbonyl (C=O) groups is 2.